The van der Waals surface area contributed by atoms with Gasteiger partial charge in [-0.05, 0) is 82.9 Å². The Morgan fingerprint density at radius 2 is 1.11 bits per heavy atom. The van der Waals surface area contributed by atoms with Gasteiger partial charge in [-0.15, -0.1) is 0 Å². The van der Waals surface area contributed by atoms with Crippen molar-refractivity contribution < 1.29 is 87.6 Å². The van der Waals surface area contributed by atoms with E-state index in [1.807, 2.05) is 11.8 Å². The number of anilines is 1. The zero-order chi connectivity index (χ0) is 62.8. The molecule has 23 nitrogen and oxygen atoms in total. The Balaban J connectivity index is 0.000000485. The van der Waals surface area contributed by atoms with E-state index in [4.69, 9.17) is 49.6 Å². The van der Waals surface area contributed by atoms with Crippen molar-refractivity contribution >= 4 is 105 Å². The van der Waals surface area contributed by atoms with E-state index in [-0.39, 0.29) is 114 Å². The second-order valence-electron chi connectivity index (χ2n) is 15.4. The molecule has 0 spiro atoms. The summed E-state index contributed by atoms with van der Waals surface area (Å²) >= 11 is 17.7. The lowest BCUT2D eigenvalue weighted by Gasteiger charge is -2.16. The molecular weight excluding hydrogens is 1230 g/mol. The second-order valence-corrected chi connectivity index (χ2v) is 17.6. The zero-order valence-electron chi connectivity index (χ0n) is 43.9. The number of hydrogen-bond acceptors (Lipinski definition) is 18. The molecule has 1 saturated heterocycles. The maximum Gasteiger partial charge on any atom is 0.431 e. The van der Waals surface area contributed by atoms with Crippen LogP contribution in [0.25, 0.3) is 11.4 Å². The van der Waals surface area contributed by atoms with E-state index in [0.29, 0.717) is 17.8 Å². The fourth-order valence-electron chi connectivity index (χ4n) is 6.25. The topological polar surface area (TPSA) is 276 Å². The lowest BCUT2D eigenvalue weighted by molar-refractivity contribution is -0.145. The van der Waals surface area contributed by atoms with Crippen molar-refractivity contribution in [2.45, 2.75) is 54.4 Å². The SMILES string of the molecule is C.CCOC(=O)/C=C1/SC(=Nc2cc(-n3c(=O)cc(C(F)(F)F)n(C)c3=O)c(F)cc2Cl)N(CC(=O)OCC)C1=O.CCOC(=O)C#CC(=O)OCC.CCOC(=O)CNC(=S)Nc1cc(-n2c(=O)cc(C(F)(F)F)n(C)c2=O)c(F)cc1Cl. The summed E-state index contributed by atoms with van der Waals surface area (Å²) < 4.78 is 132. The number of alkyl halides is 6. The summed E-state index contributed by atoms with van der Waals surface area (Å²) in [6.45, 7) is 7.75. The number of aliphatic imine (C=N–C) groups is 1. The maximum atomic E-state index is 14.9. The molecule has 2 aromatic heterocycles. The summed E-state index contributed by atoms with van der Waals surface area (Å²) in [5.74, 6) is -2.95. The first kappa shape index (κ1) is 71.8. The Bertz CT molecular complexity index is 3550. The van der Waals surface area contributed by atoms with Gasteiger partial charge in [0, 0.05) is 44.1 Å². The van der Waals surface area contributed by atoms with Gasteiger partial charge in [-0.3, -0.25) is 38.0 Å². The molecule has 1 amide bonds. The molecule has 1 fully saturated rings. The van der Waals surface area contributed by atoms with Crippen LogP contribution in [0.4, 0.5) is 46.5 Å². The Labute approximate surface area is 489 Å². The first-order valence-electron chi connectivity index (χ1n) is 23.2. The molecule has 1 aliphatic rings. The van der Waals surface area contributed by atoms with E-state index >= 15 is 0 Å². The van der Waals surface area contributed by atoms with Gasteiger partial charge >= 0.3 is 53.6 Å². The number of rotatable bonds is 14. The highest BCUT2D eigenvalue weighted by Crippen LogP contribution is 2.37. The molecule has 5 rings (SSSR count). The first-order valence-corrected chi connectivity index (χ1v) is 25.2. The third kappa shape index (κ3) is 19.7. The largest absolute Gasteiger partial charge is 0.465 e. The van der Waals surface area contributed by atoms with Crippen molar-refractivity contribution in [2.24, 2.45) is 19.1 Å². The quantitative estimate of drug-likeness (QED) is 0.0284. The molecule has 0 bridgehead atoms. The van der Waals surface area contributed by atoms with Gasteiger partial charge in [0.05, 0.1) is 70.7 Å². The molecule has 1 aliphatic heterocycles. The Morgan fingerprint density at radius 1 is 0.667 bits per heavy atom. The number of esters is 5. The van der Waals surface area contributed by atoms with Gasteiger partial charge in [-0.1, -0.05) is 30.6 Å². The normalized spacial score (nSPS) is 12.7. The number of thiocarbonyl (C=S) groups is 1. The highest BCUT2D eigenvalue weighted by atomic mass is 35.5. The van der Waals surface area contributed by atoms with Crippen molar-refractivity contribution in [1.29, 1.82) is 0 Å². The number of amides is 1. The lowest BCUT2D eigenvalue weighted by Crippen LogP contribution is -2.41. The minimum Gasteiger partial charge on any atom is -0.465 e. The van der Waals surface area contributed by atoms with Crippen molar-refractivity contribution in [2.75, 3.05) is 51.4 Å². The van der Waals surface area contributed by atoms with Gasteiger partial charge in [0.25, 0.3) is 17.0 Å². The van der Waals surface area contributed by atoms with Crippen molar-refractivity contribution in [3.63, 3.8) is 0 Å². The molecule has 0 aliphatic carbocycles. The average molecular weight is 1280 g/mol. The van der Waals surface area contributed by atoms with Crippen LogP contribution in [0.3, 0.4) is 0 Å². The zero-order valence-corrected chi connectivity index (χ0v) is 47.0. The van der Waals surface area contributed by atoms with E-state index in [2.05, 4.69) is 25.1 Å². The van der Waals surface area contributed by atoms with E-state index in [1.54, 1.807) is 27.7 Å². The predicted octanol–water partition coefficient (Wildman–Crippen LogP) is 5.87. The van der Waals surface area contributed by atoms with Gasteiger partial charge in [-0.25, -0.2) is 46.9 Å². The van der Waals surface area contributed by atoms with Gasteiger partial charge in [0.1, 0.15) is 36.1 Å². The second kappa shape index (κ2) is 31.9. The number of hydrogen-bond donors (Lipinski definition) is 2. The number of benzene rings is 2. The van der Waals surface area contributed by atoms with E-state index in [0.717, 1.165) is 43.3 Å². The Morgan fingerprint density at radius 3 is 1.56 bits per heavy atom. The molecule has 3 heterocycles. The number of carbonyl (C=O) groups excluding carboxylic acids is 6. The monoisotopic (exact) mass is 1270 g/mol. The minimum atomic E-state index is -5.04. The smallest absolute Gasteiger partial charge is 0.431 e. The minimum absolute atomic E-state index is 0. The average Bonchev–Trinajstić information content (AvgIpc) is 2.77. The summed E-state index contributed by atoms with van der Waals surface area (Å²) in [7, 11) is 1.55. The molecule has 2 N–H and O–H groups in total. The van der Waals surface area contributed by atoms with Crippen LogP contribution in [-0.2, 0) is 78.9 Å². The Kier molecular flexibility index (Phi) is 27.3. The Hall–Kier alpha value is -8.35. The molecule has 0 atom stereocenters. The van der Waals surface area contributed by atoms with Crippen LogP contribution in [0, 0.1) is 23.5 Å². The third-order valence-corrected chi connectivity index (χ3v) is 11.6. The van der Waals surface area contributed by atoms with Crippen molar-refractivity contribution in [3.8, 4) is 23.2 Å². The number of aromatic nitrogens is 4. The maximum absolute atomic E-state index is 14.9. The number of amidine groups is 1. The molecule has 0 radical (unpaired) electrons. The standard InChI is InChI=1S/C23H19ClF4N4O7S.C17H15ClF4N4O4S.C8H10O4.CH4/c1-4-38-18(34)8-15-20(36)31(10-19(35)39-5-2)21(40-15)29-13-7-14(12(25)6-11(13)24)32-17(33)9-16(23(26,27)28)30(3)22(32)37;1-3-30-14(28)7-23-15(31)24-10-5-11(9(19)4-8(10)18)26-13(27)6-12(17(20,21)22)25(2)16(26)29;1-3-11-7(9)5-6-8(10)12-4-2;/h6-9H,4-5,10H2,1-3H3;4-6H,3,7H2,1-2H3,(H2,23,24,31);3-4H2,1-2H3;1H4/b15-8+,29-21?;;;. The molecule has 84 heavy (non-hydrogen) atoms. The molecule has 4 aromatic rings. The molecule has 456 valence electrons. The van der Waals surface area contributed by atoms with Crippen LogP contribution >= 0.6 is 47.2 Å². The van der Waals surface area contributed by atoms with Crippen LogP contribution in [0.1, 0.15) is 53.4 Å². The molecule has 0 saturated carbocycles. The van der Waals surface area contributed by atoms with Crippen LogP contribution in [-0.4, -0.2) is 115 Å². The van der Waals surface area contributed by atoms with Crippen molar-refractivity contribution in [3.05, 3.63) is 122 Å². The third-order valence-electron chi connectivity index (χ3n) is 9.75. The van der Waals surface area contributed by atoms with Gasteiger partial charge in [0.15, 0.2) is 10.3 Å². The van der Waals surface area contributed by atoms with E-state index in [1.165, 1.54) is 6.92 Å². The number of nitrogens with one attached hydrogen (secondary N) is 2. The molecule has 35 heteroatoms. The summed E-state index contributed by atoms with van der Waals surface area (Å²) in [6.07, 6.45) is -9.13. The molecule has 0 unspecified atom stereocenters. The highest BCUT2D eigenvalue weighted by Gasteiger charge is 2.38. The van der Waals surface area contributed by atoms with Crippen LogP contribution in [0.15, 0.2) is 71.5 Å². The number of carbonyl (C=O) groups is 6. The fourth-order valence-corrected chi connectivity index (χ4v) is 7.78. The fraction of sp³-hybridized carbons (Fsp3) is 0.347. The summed E-state index contributed by atoms with van der Waals surface area (Å²) in [4.78, 5) is 124. The first-order chi connectivity index (χ1) is 38.8. The van der Waals surface area contributed by atoms with Crippen LogP contribution in [0.5, 0.6) is 0 Å². The number of nitrogens with zero attached hydrogens (tertiary/aromatic N) is 6. The number of thioether (sulfide) groups is 1. The van der Waals surface area contributed by atoms with Gasteiger partial charge in [-0.2, -0.15) is 26.3 Å². The molecular formula is C49H48Cl2F8N8O15S2. The lowest BCUT2D eigenvalue weighted by atomic mass is 10.2. The summed E-state index contributed by atoms with van der Waals surface area (Å²) in [6, 6.07) is 3.44. The van der Waals surface area contributed by atoms with Gasteiger partial charge in [0.2, 0.25) is 0 Å². The van der Waals surface area contributed by atoms with Gasteiger partial charge < -0.3 is 34.3 Å². The summed E-state index contributed by atoms with van der Waals surface area (Å²) in [5.41, 5.74) is -10.7. The van der Waals surface area contributed by atoms with E-state index in [9.17, 15) is 83.1 Å². The van der Waals surface area contributed by atoms with Crippen molar-refractivity contribution in [1.82, 2.24) is 28.5 Å². The number of ether oxygens (including phenoxy) is 5. The highest BCUT2D eigenvalue weighted by molar-refractivity contribution is 8.18. The van der Waals surface area contributed by atoms with Crippen LogP contribution in [0.2, 0.25) is 10.0 Å². The predicted molar refractivity (Wildman–Crippen MR) is 291 cm³/mol. The summed E-state index contributed by atoms with van der Waals surface area (Å²) in [5, 5.41) is 4.12. The van der Waals surface area contributed by atoms with Crippen LogP contribution < -0.4 is 33.1 Å². The molecule has 2 aromatic carbocycles. The van der Waals surface area contributed by atoms with E-state index < -0.39 is 112 Å². The number of halogens is 10.